The highest BCUT2D eigenvalue weighted by Gasteiger charge is 2.27. The zero-order valence-electron chi connectivity index (χ0n) is 8.86. The molecule has 1 unspecified atom stereocenters. The van der Waals surface area contributed by atoms with Crippen LogP contribution in [0.4, 0.5) is 0 Å². The molecule has 3 nitrogen and oxygen atoms in total. The van der Waals surface area contributed by atoms with E-state index in [0.29, 0.717) is 5.56 Å². The van der Waals surface area contributed by atoms with Gasteiger partial charge in [-0.3, -0.25) is 9.59 Å². The molecule has 0 saturated heterocycles. The molecule has 1 rings (SSSR count). The number of hydrogen-bond acceptors (Lipinski definition) is 2. The average molecular weight is 206 g/mol. The number of carboxylic acids is 1. The Morgan fingerprint density at radius 2 is 1.93 bits per heavy atom. The minimum atomic E-state index is -1.07. The number of aryl methyl sites for hydroxylation is 1. The summed E-state index contributed by atoms with van der Waals surface area (Å²) in [5, 5.41) is 9.03. The van der Waals surface area contributed by atoms with Crippen molar-refractivity contribution in [1.82, 2.24) is 0 Å². The fraction of sp³-hybridized carbons (Fsp3) is 0.333. The third-order valence-electron chi connectivity index (χ3n) is 2.42. The molecular weight excluding hydrogens is 192 g/mol. The lowest BCUT2D eigenvalue weighted by molar-refractivity contribution is -0.142. The van der Waals surface area contributed by atoms with E-state index < -0.39 is 11.9 Å². The van der Waals surface area contributed by atoms with Crippen molar-refractivity contribution in [2.24, 2.45) is 0 Å². The van der Waals surface area contributed by atoms with Crippen LogP contribution in [0.5, 0.6) is 0 Å². The van der Waals surface area contributed by atoms with Gasteiger partial charge >= 0.3 is 5.97 Å². The van der Waals surface area contributed by atoms with Crippen molar-refractivity contribution >= 4 is 11.8 Å². The highest BCUT2D eigenvalue weighted by atomic mass is 16.4. The average Bonchev–Trinajstić information content (AvgIpc) is 2.20. The third kappa shape index (κ3) is 2.43. The number of hydrogen-bond donors (Lipinski definition) is 1. The third-order valence-corrected chi connectivity index (χ3v) is 2.42. The van der Waals surface area contributed by atoms with Crippen LogP contribution in [0.3, 0.4) is 0 Å². The highest BCUT2D eigenvalue weighted by molar-refractivity contribution is 6.03. The lowest BCUT2D eigenvalue weighted by atomic mass is 9.90. The van der Waals surface area contributed by atoms with E-state index in [0.717, 1.165) is 5.56 Å². The molecule has 0 radical (unpaired) electrons. The molecule has 0 aliphatic carbocycles. The normalized spacial score (nSPS) is 12.1. The second-order valence-corrected chi connectivity index (χ2v) is 3.45. The fourth-order valence-corrected chi connectivity index (χ4v) is 1.56. The van der Waals surface area contributed by atoms with Crippen LogP contribution in [0.1, 0.15) is 30.4 Å². The quantitative estimate of drug-likeness (QED) is 0.768. The van der Waals surface area contributed by atoms with E-state index in [1.807, 2.05) is 19.1 Å². The number of rotatable bonds is 4. The lowest BCUT2D eigenvalue weighted by Crippen LogP contribution is -2.21. The number of ketones is 1. The van der Waals surface area contributed by atoms with Gasteiger partial charge in [0.15, 0.2) is 5.78 Å². The first-order valence-electron chi connectivity index (χ1n) is 4.89. The summed E-state index contributed by atoms with van der Waals surface area (Å²) in [5.41, 5.74) is 1.43. The van der Waals surface area contributed by atoms with Crippen LogP contribution < -0.4 is 0 Å². The molecule has 0 saturated carbocycles. The van der Waals surface area contributed by atoms with Gasteiger partial charge in [-0.25, -0.2) is 0 Å². The molecule has 80 valence electrons. The number of carbonyl (C=O) groups is 2. The molecule has 1 aromatic carbocycles. The summed E-state index contributed by atoms with van der Waals surface area (Å²) in [4.78, 5) is 22.6. The summed E-state index contributed by atoms with van der Waals surface area (Å²) in [6.07, 6.45) is 0.241. The Morgan fingerprint density at radius 1 is 1.33 bits per heavy atom. The van der Waals surface area contributed by atoms with Gasteiger partial charge in [0.1, 0.15) is 5.92 Å². The molecule has 0 amide bonds. The zero-order chi connectivity index (χ0) is 11.4. The minimum Gasteiger partial charge on any atom is -0.480 e. The first-order chi connectivity index (χ1) is 7.07. The molecule has 0 fully saturated rings. The molecule has 3 heteroatoms. The van der Waals surface area contributed by atoms with Crippen molar-refractivity contribution in [3.8, 4) is 0 Å². The second-order valence-electron chi connectivity index (χ2n) is 3.45. The summed E-state index contributed by atoms with van der Waals surface area (Å²) < 4.78 is 0. The summed E-state index contributed by atoms with van der Waals surface area (Å²) in [6, 6.07) is 7.09. The Hall–Kier alpha value is -1.64. The van der Waals surface area contributed by atoms with E-state index in [9.17, 15) is 9.59 Å². The maximum Gasteiger partial charge on any atom is 0.318 e. The van der Waals surface area contributed by atoms with E-state index in [2.05, 4.69) is 0 Å². The second kappa shape index (κ2) is 4.73. The molecule has 1 N–H and O–H groups in total. The first-order valence-corrected chi connectivity index (χ1v) is 4.89. The Balaban J connectivity index is 3.16. The number of benzene rings is 1. The van der Waals surface area contributed by atoms with E-state index in [1.165, 1.54) is 0 Å². The maximum absolute atomic E-state index is 11.5. The Labute approximate surface area is 88.7 Å². The van der Waals surface area contributed by atoms with E-state index in [-0.39, 0.29) is 12.2 Å². The van der Waals surface area contributed by atoms with Crippen molar-refractivity contribution in [1.29, 1.82) is 0 Å². The number of Topliss-reactive ketones (excluding diaryl/α,β-unsaturated/α-hetero) is 1. The molecule has 15 heavy (non-hydrogen) atoms. The van der Waals surface area contributed by atoms with Gasteiger partial charge in [0.25, 0.3) is 0 Å². The van der Waals surface area contributed by atoms with Gasteiger partial charge in [-0.05, 0) is 18.1 Å². The zero-order valence-corrected chi connectivity index (χ0v) is 8.86. The SMILES string of the molecule is CCC(=O)C(C(=O)O)c1ccccc1C. The van der Waals surface area contributed by atoms with Crippen LogP contribution in [-0.4, -0.2) is 16.9 Å². The Bertz CT molecular complexity index is 382. The monoisotopic (exact) mass is 206 g/mol. The van der Waals surface area contributed by atoms with Gasteiger partial charge in [0, 0.05) is 6.42 Å². The summed E-state index contributed by atoms with van der Waals surface area (Å²) in [5.74, 6) is -2.34. The van der Waals surface area contributed by atoms with E-state index in [1.54, 1.807) is 19.1 Å². The van der Waals surface area contributed by atoms with Gasteiger partial charge in [0.05, 0.1) is 0 Å². The minimum absolute atomic E-state index is 0.241. The number of aliphatic carboxylic acids is 1. The van der Waals surface area contributed by atoms with Gasteiger partial charge < -0.3 is 5.11 Å². The Kier molecular flexibility index (Phi) is 3.61. The smallest absolute Gasteiger partial charge is 0.318 e. The van der Waals surface area contributed by atoms with Crippen molar-refractivity contribution in [2.45, 2.75) is 26.2 Å². The van der Waals surface area contributed by atoms with Crippen molar-refractivity contribution in [3.63, 3.8) is 0 Å². The first kappa shape index (κ1) is 11.4. The molecule has 0 bridgehead atoms. The summed E-state index contributed by atoms with van der Waals surface area (Å²) >= 11 is 0. The predicted octanol–water partition coefficient (Wildman–Crippen LogP) is 2.14. The van der Waals surface area contributed by atoms with Crippen LogP contribution in [0, 0.1) is 6.92 Å². The standard InChI is InChI=1S/C12H14O3/c1-3-10(13)11(12(14)15)9-7-5-4-6-8(9)2/h4-7,11H,3H2,1-2H3,(H,14,15). The molecular formula is C12H14O3. The number of carboxylic acid groups (broad SMARTS) is 1. The van der Waals surface area contributed by atoms with Crippen molar-refractivity contribution < 1.29 is 14.7 Å². The largest absolute Gasteiger partial charge is 0.480 e. The summed E-state index contributed by atoms with van der Waals surface area (Å²) in [6.45, 7) is 3.49. The van der Waals surface area contributed by atoms with Crippen molar-refractivity contribution in [2.75, 3.05) is 0 Å². The topological polar surface area (TPSA) is 54.4 Å². The Morgan fingerprint density at radius 3 is 2.40 bits per heavy atom. The summed E-state index contributed by atoms with van der Waals surface area (Å²) in [7, 11) is 0. The van der Waals surface area contributed by atoms with Crippen molar-refractivity contribution in [3.05, 3.63) is 35.4 Å². The fourth-order valence-electron chi connectivity index (χ4n) is 1.56. The van der Waals surface area contributed by atoms with Crippen LogP contribution in [-0.2, 0) is 9.59 Å². The molecule has 0 aliphatic rings. The van der Waals surface area contributed by atoms with Crippen LogP contribution in [0.25, 0.3) is 0 Å². The lowest BCUT2D eigenvalue weighted by Gasteiger charge is -2.12. The number of carbonyl (C=O) groups excluding carboxylic acids is 1. The van der Waals surface area contributed by atoms with Gasteiger partial charge in [0.2, 0.25) is 0 Å². The van der Waals surface area contributed by atoms with E-state index >= 15 is 0 Å². The molecule has 1 aromatic rings. The van der Waals surface area contributed by atoms with Crippen LogP contribution in [0.2, 0.25) is 0 Å². The molecule has 0 aliphatic heterocycles. The molecule has 0 spiro atoms. The van der Waals surface area contributed by atoms with Gasteiger partial charge in [-0.15, -0.1) is 0 Å². The molecule has 0 heterocycles. The van der Waals surface area contributed by atoms with Crippen LogP contribution >= 0.6 is 0 Å². The predicted molar refractivity (Wildman–Crippen MR) is 56.9 cm³/mol. The maximum atomic E-state index is 11.5. The van der Waals surface area contributed by atoms with Gasteiger partial charge in [-0.1, -0.05) is 31.2 Å². The van der Waals surface area contributed by atoms with E-state index in [4.69, 9.17) is 5.11 Å². The molecule has 1 atom stereocenters. The van der Waals surface area contributed by atoms with Crippen LogP contribution in [0.15, 0.2) is 24.3 Å². The highest BCUT2D eigenvalue weighted by Crippen LogP contribution is 2.22. The van der Waals surface area contributed by atoms with Gasteiger partial charge in [-0.2, -0.15) is 0 Å². The molecule has 0 aromatic heterocycles.